The van der Waals surface area contributed by atoms with Gasteiger partial charge in [-0.05, 0) is 36.5 Å². The van der Waals surface area contributed by atoms with E-state index in [0.29, 0.717) is 12.5 Å². The van der Waals surface area contributed by atoms with Gasteiger partial charge < -0.3 is 15.6 Å². The molecule has 2 unspecified atom stereocenters. The van der Waals surface area contributed by atoms with Crippen LogP contribution >= 0.6 is 0 Å². The number of aliphatic hydroxyl groups is 1. The third-order valence-electron chi connectivity index (χ3n) is 4.59. The number of benzene rings is 1. The van der Waals surface area contributed by atoms with Crippen molar-refractivity contribution >= 4 is 0 Å². The molecule has 1 aliphatic rings. The Bertz CT molecular complexity index is 382. The maximum Gasteiger partial charge on any atom is 0.118 e. The molecule has 1 aliphatic carbocycles. The fraction of sp³-hybridized carbons (Fsp3) is 0.647. The van der Waals surface area contributed by atoms with Gasteiger partial charge in [0.15, 0.2) is 0 Å². The second kappa shape index (κ2) is 7.65. The number of hydrogen-bond acceptors (Lipinski definition) is 3. The third-order valence-corrected chi connectivity index (χ3v) is 4.59. The van der Waals surface area contributed by atoms with Gasteiger partial charge in [0.1, 0.15) is 5.75 Å². The number of hydrogen-bond donors (Lipinski definition) is 2. The summed E-state index contributed by atoms with van der Waals surface area (Å²) in [5.41, 5.74) is 7.05. The van der Waals surface area contributed by atoms with Gasteiger partial charge in [0.25, 0.3) is 0 Å². The Morgan fingerprint density at radius 3 is 2.25 bits per heavy atom. The minimum atomic E-state index is -0.327. The lowest BCUT2D eigenvalue weighted by molar-refractivity contribution is 0.0741. The van der Waals surface area contributed by atoms with Crippen molar-refractivity contribution in [2.24, 2.45) is 11.7 Å². The van der Waals surface area contributed by atoms with Gasteiger partial charge >= 0.3 is 0 Å². The summed E-state index contributed by atoms with van der Waals surface area (Å²) >= 11 is 0. The summed E-state index contributed by atoms with van der Waals surface area (Å²) in [7, 11) is 1.66. The van der Waals surface area contributed by atoms with Crippen molar-refractivity contribution < 1.29 is 9.84 Å². The fourth-order valence-corrected chi connectivity index (χ4v) is 3.30. The molecule has 3 nitrogen and oxygen atoms in total. The molecule has 3 N–H and O–H groups in total. The van der Waals surface area contributed by atoms with Crippen LogP contribution in [0.1, 0.15) is 50.0 Å². The highest BCUT2D eigenvalue weighted by Crippen LogP contribution is 2.32. The number of nitrogens with two attached hydrogens (primary N) is 1. The molecule has 0 saturated heterocycles. The normalized spacial score (nSPS) is 20.1. The van der Waals surface area contributed by atoms with Crippen molar-refractivity contribution in [3.05, 3.63) is 29.8 Å². The molecule has 0 heterocycles. The fourth-order valence-electron chi connectivity index (χ4n) is 3.30. The number of rotatable bonds is 5. The van der Waals surface area contributed by atoms with Gasteiger partial charge in [0.05, 0.1) is 13.2 Å². The average molecular weight is 277 g/mol. The molecular weight excluding hydrogens is 250 g/mol. The second-order valence-electron chi connectivity index (χ2n) is 5.86. The molecular formula is C17H27NO2. The summed E-state index contributed by atoms with van der Waals surface area (Å²) in [5, 5.41) is 10.7. The lowest BCUT2D eigenvalue weighted by Gasteiger charge is -2.29. The molecule has 0 bridgehead atoms. The van der Waals surface area contributed by atoms with E-state index in [1.165, 1.54) is 25.7 Å². The highest BCUT2D eigenvalue weighted by molar-refractivity contribution is 5.30. The van der Waals surface area contributed by atoms with E-state index in [0.717, 1.165) is 24.2 Å². The van der Waals surface area contributed by atoms with Crippen LogP contribution in [-0.4, -0.2) is 24.9 Å². The summed E-state index contributed by atoms with van der Waals surface area (Å²) in [6, 6.07) is 7.93. The van der Waals surface area contributed by atoms with Crippen molar-refractivity contribution in [1.29, 1.82) is 0 Å². The van der Waals surface area contributed by atoms with Crippen LogP contribution in [0.4, 0.5) is 0 Å². The van der Waals surface area contributed by atoms with Gasteiger partial charge in [-0.15, -0.1) is 0 Å². The lowest BCUT2D eigenvalue weighted by atomic mass is 9.82. The zero-order chi connectivity index (χ0) is 14.4. The maximum absolute atomic E-state index is 10.7. The highest BCUT2D eigenvalue weighted by Gasteiger charge is 2.28. The molecule has 1 aromatic carbocycles. The van der Waals surface area contributed by atoms with E-state index in [2.05, 4.69) is 0 Å². The standard InChI is InChI=1S/C17H27NO2/c1-20-15-10-8-13(9-11-15)16(12-18)17(19)14-6-4-2-3-5-7-14/h8-11,14,16-17,19H,2-7,12,18H2,1H3. The van der Waals surface area contributed by atoms with E-state index in [9.17, 15) is 5.11 Å². The van der Waals surface area contributed by atoms with Gasteiger partial charge in [0, 0.05) is 12.5 Å². The molecule has 0 spiro atoms. The zero-order valence-corrected chi connectivity index (χ0v) is 12.4. The van der Waals surface area contributed by atoms with Crippen LogP contribution < -0.4 is 10.5 Å². The minimum absolute atomic E-state index is 0.0315. The predicted molar refractivity (Wildman–Crippen MR) is 82.0 cm³/mol. The van der Waals surface area contributed by atoms with Crippen molar-refractivity contribution in [2.45, 2.75) is 50.5 Å². The zero-order valence-electron chi connectivity index (χ0n) is 12.4. The number of ether oxygens (including phenoxy) is 1. The molecule has 112 valence electrons. The molecule has 2 atom stereocenters. The van der Waals surface area contributed by atoms with Gasteiger partial charge in [-0.25, -0.2) is 0 Å². The van der Waals surface area contributed by atoms with E-state index in [1.807, 2.05) is 24.3 Å². The second-order valence-corrected chi connectivity index (χ2v) is 5.86. The van der Waals surface area contributed by atoms with Gasteiger partial charge in [0.2, 0.25) is 0 Å². The smallest absolute Gasteiger partial charge is 0.118 e. The van der Waals surface area contributed by atoms with E-state index in [1.54, 1.807) is 7.11 Å². The monoisotopic (exact) mass is 277 g/mol. The Balaban J connectivity index is 2.08. The first kappa shape index (κ1) is 15.3. The largest absolute Gasteiger partial charge is 0.497 e. The summed E-state index contributed by atoms with van der Waals surface area (Å²) in [6.07, 6.45) is 7.02. The Morgan fingerprint density at radius 1 is 1.15 bits per heavy atom. The minimum Gasteiger partial charge on any atom is -0.497 e. The Labute approximate surface area is 122 Å². The van der Waals surface area contributed by atoms with Crippen molar-refractivity contribution in [3.8, 4) is 5.75 Å². The quantitative estimate of drug-likeness (QED) is 0.813. The summed E-state index contributed by atoms with van der Waals surface area (Å²) < 4.78 is 5.18. The number of methoxy groups -OCH3 is 1. The van der Waals surface area contributed by atoms with Crippen LogP contribution in [0.5, 0.6) is 5.75 Å². The SMILES string of the molecule is COc1ccc(C(CN)C(O)C2CCCCCC2)cc1. The van der Waals surface area contributed by atoms with Crippen LogP contribution in [-0.2, 0) is 0 Å². The first-order valence-electron chi connectivity index (χ1n) is 7.78. The highest BCUT2D eigenvalue weighted by atomic mass is 16.5. The number of aliphatic hydroxyl groups excluding tert-OH is 1. The predicted octanol–water partition coefficient (Wildman–Crippen LogP) is 3.07. The average Bonchev–Trinajstić information content (AvgIpc) is 2.77. The van der Waals surface area contributed by atoms with Crippen LogP contribution in [0.25, 0.3) is 0 Å². The molecule has 1 aromatic rings. The molecule has 3 heteroatoms. The van der Waals surface area contributed by atoms with Crippen molar-refractivity contribution in [2.75, 3.05) is 13.7 Å². The summed E-state index contributed by atoms with van der Waals surface area (Å²) in [5.74, 6) is 1.27. The Morgan fingerprint density at radius 2 is 1.75 bits per heavy atom. The first-order chi connectivity index (χ1) is 9.76. The third kappa shape index (κ3) is 3.74. The molecule has 0 aromatic heterocycles. The van der Waals surface area contributed by atoms with E-state index in [4.69, 9.17) is 10.5 Å². The molecule has 2 rings (SSSR count). The topological polar surface area (TPSA) is 55.5 Å². The molecule has 0 amide bonds. The van der Waals surface area contributed by atoms with Crippen LogP contribution in [0.3, 0.4) is 0 Å². The maximum atomic E-state index is 10.7. The molecule has 1 saturated carbocycles. The molecule has 0 radical (unpaired) electrons. The summed E-state index contributed by atoms with van der Waals surface area (Å²) in [6.45, 7) is 0.490. The van der Waals surface area contributed by atoms with Gasteiger partial charge in [-0.3, -0.25) is 0 Å². The van der Waals surface area contributed by atoms with Crippen molar-refractivity contribution in [1.82, 2.24) is 0 Å². The van der Waals surface area contributed by atoms with E-state index >= 15 is 0 Å². The first-order valence-corrected chi connectivity index (χ1v) is 7.78. The molecule has 0 aliphatic heterocycles. The Hall–Kier alpha value is -1.06. The van der Waals surface area contributed by atoms with E-state index < -0.39 is 0 Å². The summed E-state index contributed by atoms with van der Waals surface area (Å²) in [4.78, 5) is 0. The van der Waals surface area contributed by atoms with Crippen LogP contribution in [0, 0.1) is 5.92 Å². The van der Waals surface area contributed by atoms with Gasteiger partial charge in [-0.2, -0.15) is 0 Å². The van der Waals surface area contributed by atoms with E-state index in [-0.39, 0.29) is 12.0 Å². The Kier molecular flexibility index (Phi) is 5.86. The van der Waals surface area contributed by atoms with Crippen LogP contribution in [0.2, 0.25) is 0 Å². The molecule has 1 fully saturated rings. The van der Waals surface area contributed by atoms with Crippen molar-refractivity contribution in [3.63, 3.8) is 0 Å². The van der Waals surface area contributed by atoms with Crippen LogP contribution in [0.15, 0.2) is 24.3 Å². The molecule has 20 heavy (non-hydrogen) atoms. The van der Waals surface area contributed by atoms with Gasteiger partial charge in [-0.1, -0.05) is 37.8 Å². The lowest BCUT2D eigenvalue weighted by Crippen LogP contribution is -2.32.